The van der Waals surface area contributed by atoms with Crippen LogP contribution in [0.4, 0.5) is 0 Å². The summed E-state index contributed by atoms with van der Waals surface area (Å²) >= 11 is 6.46. The fraction of sp³-hybridized carbons (Fsp3) is 0.143. The van der Waals surface area contributed by atoms with E-state index >= 15 is 0 Å². The minimum atomic E-state index is -3.68. The Bertz CT molecular complexity index is 819. The Balaban J connectivity index is 1.92. The van der Waals surface area contributed by atoms with E-state index in [0.717, 1.165) is 8.95 Å². The van der Waals surface area contributed by atoms with Crippen LogP contribution in [0.25, 0.3) is 0 Å². The van der Waals surface area contributed by atoms with Crippen molar-refractivity contribution in [3.8, 4) is 0 Å². The molecule has 24 heavy (non-hydrogen) atoms. The molecule has 0 atom stereocenters. The number of halogens is 2. The molecule has 2 aromatic rings. The van der Waals surface area contributed by atoms with Crippen LogP contribution in [0.1, 0.15) is 0 Å². The lowest BCUT2D eigenvalue weighted by Crippen LogP contribution is -2.34. The smallest absolute Gasteiger partial charge is 0.210 e. The van der Waals surface area contributed by atoms with Crippen molar-refractivity contribution in [3.63, 3.8) is 0 Å². The molecule has 0 unspecified atom stereocenters. The van der Waals surface area contributed by atoms with Crippen LogP contribution in [0.2, 0.25) is 0 Å². The molecule has 2 rings (SSSR count). The molecule has 0 fully saturated rings. The molecular weight excluding hydrogens is 484 g/mol. The Morgan fingerprint density at radius 3 is 1.21 bits per heavy atom. The van der Waals surface area contributed by atoms with Gasteiger partial charge in [0.15, 0.2) is 0 Å². The third-order valence-corrected chi connectivity index (χ3v) is 6.97. The average Bonchev–Trinajstić information content (AvgIpc) is 2.52. The summed E-state index contributed by atoms with van der Waals surface area (Å²) in [6.07, 6.45) is 0. The van der Waals surface area contributed by atoms with Crippen LogP contribution < -0.4 is 9.44 Å². The van der Waals surface area contributed by atoms with Gasteiger partial charge in [-0.3, -0.25) is 0 Å². The lowest BCUT2D eigenvalue weighted by molar-refractivity contribution is 0.570. The van der Waals surface area contributed by atoms with Crippen LogP contribution in [0.3, 0.4) is 0 Å². The molecular formula is C14H14Br2N2O4S2. The highest BCUT2D eigenvalue weighted by Crippen LogP contribution is 2.15. The van der Waals surface area contributed by atoms with Crippen molar-refractivity contribution in [2.45, 2.75) is 9.79 Å². The van der Waals surface area contributed by atoms with Gasteiger partial charge < -0.3 is 0 Å². The van der Waals surface area contributed by atoms with E-state index in [0.29, 0.717) is 0 Å². The lowest BCUT2D eigenvalue weighted by atomic mass is 10.4. The topological polar surface area (TPSA) is 92.3 Å². The van der Waals surface area contributed by atoms with Crippen molar-refractivity contribution in [2.75, 3.05) is 13.1 Å². The van der Waals surface area contributed by atoms with Crippen LogP contribution in [0, 0.1) is 0 Å². The number of rotatable bonds is 7. The molecule has 0 amide bonds. The van der Waals surface area contributed by atoms with E-state index in [9.17, 15) is 16.8 Å². The van der Waals surface area contributed by atoms with Crippen LogP contribution in [-0.4, -0.2) is 29.9 Å². The minimum Gasteiger partial charge on any atom is -0.210 e. The highest BCUT2D eigenvalue weighted by atomic mass is 79.9. The van der Waals surface area contributed by atoms with Crippen molar-refractivity contribution < 1.29 is 16.8 Å². The number of nitrogens with one attached hydrogen (secondary N) is 2. The molecule has 0 aliphatic heterocycles. The van der Waals surface area contributed by atoms with Crippen LogP contribution in [0.5, 0.6) is 0 Å². The van der Waals surface area contributed by atoms with Crippen LogP contribution in [-0.2, 0) is 20.0 Å². The predicted molar refractivity (Wildman–Crippen MR) is 98.7 cm³/mol. The fourth-order valence-electron chi connectivity index (χ4n) is 1.76. The first-order valence-electron chi connectivity index (χ1n) is 6.71. The molecule has 6 nitrogen and oxygen atoms in total. The summed E-state index contributed by atoms with van der Waals surface area (Å²) in [5.74, 6) is 0. The number of hydrogen-bond acceptors (Lipinski definition) is 4. The average molecular weight is 498 g/mol. The summed E-state index contributed by atoms with van der Waals surface area (Å²) in [5.41, 5.74) is 0. The normalized spacial score (nSPS) is 12.2. The summed E-state index contributed by atoms with van der Waals surface area (Å²) in [6, 6.07) is 12.3. The molecule has 0 spiro atoms. The summed E-state index contributed by atoms with van der Waals surface area (Å²) in [5, 5.41) is 0. The highest BCUT2D eigenvalue weighted by molar-refractivity contribution is 9.10. The maximum atomic E-state index is 12.1. The van der Waals surface area contributed by atoms with Gasteiger partial charge in [-0.2, -0.15) is 0 Å². The first kappa shape index (κ1) is 19.5. The third kappa shape index (κ3) is 5.36. The van der Waals surface area contributed by atoms with Gasteiger partial charge in [-0.25, -0.2) is 26.3 Å². The van der Waals surface area contributed by atoms with E-state index in [1.165, 1.54) is 24.3 Å². The number of benzene rings is 2. The van der Waals surface area contributed by atoms with E-state index in [1.54, 1.807) is 24.3 Å². The molecule has 10 heteroatoms. The summed E-state index contributed by atoms with van der Waals surface area (Å²) < 4.78 is 54.5. The van der Waals surface area contributed by atoms with E-state index in [1.807, 2.05) is 0 Å². The Morgan fingerprint density at radius 2 is 0.917 bits per heavy atom. The van der Waals surface area contributed by atoms with Gasteiger partial charge in [0, 0.05) is 22.0 Å². The third-order valence-electron chi connectivity index (χ3n) is 2.96. The second kappa shape index (κ2) is 8.07. The lowest BCUT2D eigenvalue weighted by Gasteiger charge is -2.09. The predicted octanol–water partition coefficient (Wildman–Crippen LogP) is 2.47. The largest absolute Gasteiger partial charge is 0.240 e. The van der Waals surface area contributed by atoms with Gasteiger partial charge in [0.25, 0.3) is 0 Å². The zero-order valence-corrected chi connectivity index (χ0v) is 17.0. The van der Waals surface area contributed by atoms with Crippen molar-refractivity contribution in [3.05, 3.63) is 57.5 Å². The van der Waals surface area contributed by atoms with E-state index < -0.39 is 20.0 Å². The first-order valence-corrected chi connectivity index (χ1v) is 11.3. The molecule has 0 saturated carbocycles. The molecule has 0 aromatic heterocycles. The second-order valence-electron chi connectivity index (χ2n) is 4.70. The number of hydrogen-bond donors (Lipinski definition) is 2. The van der Waals surface area contributed by atoms with Crippen molar-refractivity contribution >= 4 is 51.9 Å². The molecule has 2 N–H and O–H groups in total. The molecule has 0 aliphatic rings. The second-order valence-corrected chi connectivity index (χ2v) is 10.1. The Hall–Kier alpha value is -0.780. The van der Waals surface area contributed by atoms with Crippen molar-refractivity contribution in [2.24, 2.45) is 0 Å². The van der Waals surface area contributed by atoms with E-state index in [-0.39, 0.29) is 22.9 Å². The van der Waals surface area contributed by atoms with Crippen LogP contribution in [0.15, 0.2) is 67.3 Å². The summed E-state index contributed by atoms with van der Waals surface area (Å²) in [4.78, 5) is 0.225. The van der Waals surface area contributed by atoms with Gasteiger partial charge in [-0.15, -0.1) is 0 Å². The molecule has 0 bridgehead atoms. The van der Waals surface area contributed by atoms with E-state index in [2.05, 4.69) is 41.3 Å². The van der Waals surface area contributed by atoms with Gasteiger partial charge in [-0.05, 0) is 48.5 Å². The maximum Gasteiger partial charge on any atom is 0.240 e. The minimum absolute atomic E-state index is 0.0614. The van der Waals surface area contributed by atoms with Gasteiger partial charge in [0.05, 0.1) is 9.79 Å². The Morgan fingerprint density at radius 1 is 0.625 bits per heavy atom. The molecule has 0 aliphatic carbocycles. The maximum absolute atomic E-state index is 12.1. The SMILES string of the molecule is O=S(=O)(NCCNS(=O)(=O)c1ccc(Br)cc1)c1ccc(Br)cc1. The molecule has 0 heterocycles. The Kier molecular flexibility index (Phi) is 6.57. The zero-order valence-electron chi connectivity index (χ0n) is 12.2. The molecule has 130 valence electrons. The molecule has 0 saturated heterocycles. The first-order chi connectivity index (χ1) is 11.2. The van der Waals surface area contributed by atoms with Gasteiger partial charge in [0.2, 0.25) is 20.0 Å². The van der Waals surface area contributed by atoms with Gasteiger partial charge in [0.1, 0.15) is 0 Å². The fourth-order valence-corrected chi connectivity index (χ4v) is 4.36. The standard InChI is InChI=1S/C14H14Br2N2O4S2/c15-11-1-5-13(6-2-11)23(19,20)17-9-10-18-24(21,22)14-7-3-12(16)4-8-14/h1-8,17-18H,9-10H2. The monoisotopic (exact) mass is 496 g/mol. The van der Waals surface area contributed by atoms with Crippen LogP contribution >= 0.6 is 31.9 Å². The molecule has 0 radical (unpaired) electrons. The highest BCUT2D eigenvalue weighted by Gasteiger charge is 2.15. The summed E-state index contributed by atoms with van der Waals surface area (Å²) in [7, 11) is -7.35. The van der Waals surface area contributed by atoms with Gasteiger partial charge >= 0.3 is 0 Å². The quantitative estimate of drug-likeness (QED) is 0.574. The zero-order chi connectivity index (χ0) is 17.8. The number of sulfonamides is 2. The van der Waals surface area contributed by atoms with Crippen molar-refractivity contribution in [1.29, 1.82) is 0 Å². The van der Waals surface area contributed by atoms with Crippen molar-refractivity contribution in [1.82, 2.24) is 9.44 Å². The summed E-state index contributed by atoms with van der Waals surface area (Å²) in [6.45, 7) is -0.123. The Labute approximate surface area is 158 Å². The van der Waals surface area contributed by atoms with Gasteiger partial charge in [-0.1, -0.05) is 31.9 Å². The van der Waals surface area contributed by atoms with E-state index in [4.69, 9.17) is 0 Å². The molecule has 2 aromatic carbocycles.